The number of methoxy groups -OCH3 is 1. The lowest BCUT2D eigenvalue weighted by Crippen LogP contribution is -2.12. The number of H-pyrrole nitrogens is 1. The number of aromatic nitrogens is 3. The zero-order valence-corrected chi connectivity index (χ0v) is 15.5. The second kappa shape index (κ2) is 7.24. The van der Waals surface area contributed by atoms with Gasteiger partial charge in [-0.25, -0.2) is 14.2 Å². The first-order valence-corrected chi connectivity index (χ1v) is 9.16. The molecule has 0 aliphatic rings. The van der Waals surface area contributed by atoms with Gasteiger partial charge in [-0.1, -0.05) is 12.1 Å². The van der Waals surface area contributed by atoms with Crippen molar-refractivity contribution in [1.82, 2.24) is 14.8 Å². The van der Waals surface area contributed by atoms with Crippen LogP contribution in [0.15, 0.2) is 64.8 Å². The Morgan fingerprint density at radius 2 is 1.79 bits per heavy atom. The summed E-state index contributed by atoms with van der Waals surface area (Å²) in [5, 5.41) is 5.30. The third-order valence-corrected chi connectivity index (χ3v) is 4.99. The molecule has 0 atom stereocenters. The Bertz CT molecular complexity index is 1190. The van der Waals surface area contributed by atoms with Gasteiger partial charge in [0.2, 0.25) is 5.13 Å². The number of rotatable bonds is 4. The lowest BCUT2D eigenvalue weighted by molar-refractivity contribution is 0.0601. The predicted molar refractivity (Wildman–Crippen MR) is 104 cm³/mol. The number of benzene rings is 2. The van der Waals surface area contributed by atoms with E-state index in [-0.39, 0.29) is 11.4 Å². The number of carbonyl (C=O) groups is 1. The number of hydrogen-bond donors (Lipinski definition) is 1. The first-order chi connectivity index (χ1) is 13.5. The minimum atomic E-state index is -0.406. The van der Waals surface area contributed by atoms with Gasteiger partial charge >= 0.3 is 5.97 Å². The third kappa shape index (κ3) is 3.37. The van der Waals surface area contributed by atoms with Gasteiger partial charge in [-0.05, 0) is 42.0 Å². The zero-order valence-electron chi connectivity index (χ0n) is 14.7. The summed E-state index contributed by atoms with van der Waals surface area (Å²) in [6.07, 6.45) is 0. The quantitative estimate of drug-likeness (QED) is 0.532. The summed E-state index contributed by atoms with van der Waals surface area (Å²) in [4.78, 5) is 28.4. The summed E-state index contributed by atoms with van der Waals surface area (Å²) in [5.41, 5.74) is 2.96. The van der Waals surface area contributed by atoms with E-state index in [1.165, 1.54) is 41.3 Å². The molecule has 0 bridgehead atoms. The molecule has 4 rings (SSSR count). The molecule has 8 heteroatoms. The van der Waals surface area contributed by atoms with E-state index in [0.717, 1.165) is 5.56 Å². The maximum absolute atomic E-state index is 13.1. The van der Waals surface area contributed by atoms with Crippen LogP contribution in [0, 0.1) is 5.82 Å². The molecule has 0 saturated carbocycles. The summed E-state index contributed by atoms with van der Waals surface area (Å²) >= 11 is 1.31. The van der Waals surface area contributed by atoms with Crippen molar-refractivity contribution < 1.29 is 13.9 Å². The van der Waals surface area contributed by atoms with Crippen LogP contribution in [0.4, 0.5) is 4.39 Å². The fourth-order valence-electron chi connectivity index (χ4n) is 2.71. The molecule has 1 N–H and O–H groups in total. The van der Waals surface area contributed by atoms with Crippen molar-refractivity contribution in [1.29, 1.82) is 0 Å². The molecule has 0 spiro atoms. The fourth-order valence-corrected chi connectivity index (χ4v) is 3.51. The molecule has 6 nitrogen and oxygen atoms in total. The molecule has 0 aliphatic heterocycles. The molecule has 0 amide bonds. The van der Waals surface area contributed by atoms with E-state index in [4.69, 9.17) is 0 Å². The van der Waals surface area contributed by atoms with Gasteiger partial charge in [0.25, 0.3) is 5.56 Å². The molecule has 2 heterocycles. The summed E-state index contributed by atoms with van der Waals surface area (Å²) < 4.78 is 19.1. The number of thiazole rings is 1. The molecular weight excluding hydrogens is 381 g/mol. The van der Waals surface area contributed by atoms with Crippen LogP contribution in [-0.4, -0.2) is 27.8 Å². The van der Waals surface area contributed by atoms with Gasteiger partial charge in [0.05, 0.1) is 24.1 Å². The van der Waals surface area contributed by atoms with Gasteiger partial charge < -0.3 is 4.74 Å². The number of esters is 1. The van der Waals surface area contributed by atoms with Gasteiger partial charge in [0.1, 0.15) is 5.82 Å². The minimum Gasteiger partial charge on any atom is -0.465 e. The van der Waals surface area contributed by atoms with E-state index in [1.54, 1.807) is 36.4 Å². The highest BCUT2D eigenvalue weighted by molar-refractivity contribution is 7.12. The summed E-state index contributed by atoms with van der Waals surface area (Å²) in [6, 6.07) is 14.2. The monoisotopic (exact) mass is 395 g/mol. The highest BCUT2D eigenvalue weighted by Crippen LogP contribution is 2.25. The number of halogens is 1. The van der Waals surface area contributed by atoms with Crippen LogP contribution in [0.25, 0.3) is 27.6 Å². The number of aromatic amines is 1. The van der Waals surface area contributed by atoms with Crippen LogP contribution >= 0.6 is 11.3 Å². The van der Waals surface area contributed by atoms with Crippen molar-refractivity contribution in [2.75, 3.05) is 7.11 Å². The average Bonchev–Trinajstić information content (AvgIpc) is 3.35. The molecule has 0 saturated heterocycles. The summed E-state index contributed by atoms with van der Waals surface area (Å²) in [6.45, 7) is 0. The van der Waals surface area contributed by atoms with E-state index >= 15 is 0 Å². The molecule has 0 aliphatic carbocycles. The molecule has 2 aromatic heterocycles. The molecule has 2 aromatic carbocycles. The molecule has 28 heavy (non-hydrogen) atoms. The van der Waals surface area contributed by atoms with Crippen LogP contribution in [-0.2, 0) is 4.74 Å². The molecule has 0 fully saturated rings. The van der Waals surface area contributed by atoms with Crippen molar-refractivity contribution in [3.05, 3.63) is 81.7 Å². The van der Waals surface area contributed by atoms with Gasteiger partial charge in [-0.15, -0.1) is 11.3 Å². The number of nitrogens with zero attached hydrogens (tertiary/aromatic N) is 2. The second-order valence-electron chi connectivity index (χ2n) is 5.93. The standard InChI is InChI=1S/C20H14FN3O3S/c1-27-19(26)14-4-2-13(3-5-14)17-11-28-20(22-17)24-18(25)10-16(23-24)12-6-8-15(21)9-7-12/h2-11,23H,1H3. The SMILES string of the molecule is COC(=O)c1ccc(-c2csc(-n3[nH]c(-c4ccc(F)cc4)cc3=O)n2)cc1. The van der Waals surface area contributed by atoms with Crippen LogP contribution in [0.5, 0.6) is 0 Å². The maximum atomic E-state index is 13.1. The largest absolute Gasteiger partial charge is 0.465 e. The maximum Gasteiger partial charge on any atom is 0.337 e. The first-order valence-electron chi connectivity index (χ1n) is 8.28. The van der Waals surface area contributed by atoms with Gasteiger partial charge in [0.15, 0.2) is 0 Å². The van der Waals surface area contributed by atoms with Crippen LogP contribution in [0.2, 0.25) is 0 Å². The van der Waals surface area contributed by atoms with Gasteiger partial charge in [0, 0.05) is 17.0 Å². The van der Waals surface area contributed by atoms with E-state index in [0.29, 0.717) is 27.6 Å². The highest BCUT2D eigenvalue weighted by atomic mass is 32.1. The minimum absolute atomic E-state index is 0.263. The third-order valence-electron chi connectivity index (χ3n) is 4.16. The summed E-state index contributed by atoms with van der Waals surface area (Å²) in [7, 11) is 1.33. The van der Waals surface area contributed by atoms with Gasteiger partial charge in [-0.2, -0.15) is 4.68 Å². The second-order valence-corrected chi connectivity index (χ2v) is 6.77. The molecular formula is C20H14FN3O3S. The Hall–Kier alpha value is -3.52. The number of hydrogen-bond acceptors (Lipinski definition) is 5. The summed E-state index contributed by atoms with van der Waals surface area (Å²) in [5.74, 6) is -0.745. The Labute approximate surface area is 162 Å². The van der Waals surface area contributed by atoms with Crippen molar-refractivity contribution in [3.63, 3.8) is 0 Å². The van der Waals surface area contributed by atoms with E-state index in [1.807, 2.05) is 5.38 Å². The number of carbonyl (C=O) groups excluding carboxylic acids is 1. The Balaban J connectivity index is 1.63. The average molecular weight is 395 g/mol. The zero-order chi connectivity index (χ0) is 19.7. The normalized spacial score (nSPS) is 10.8. The topological polar surface area (TPSA) is 77.0 Å². The van der Waals surface area contributed by atoms with Gasteiger partial charge in [-0.3, -0.25) is 9.89 Å². The lowest BCUT2D eigenvalue weighted by Gasteiger charge is -2.01. The lowest BCUT2D eigenvalue weighted by atomic mass is 10.1. The number of ether oxygens (including phenoxy) is 1. The Kier molecular flexibility index (Phi) is 4.62. The molecule has 4 aromatic rings. The van der Waals surface area contributed by atoms with Crippen LogP contribution in [0.3, 0.4) is 0 Å². The van der Waals surface area contributed by atoms with Crippen molar-refractivity contribution in [3.8, 4) is 27.6 Å². The molecule has 140 valence electrons. The van der Waals surface area contributed by atoms with Crippen LogP contribution < -0.4 is 5.56 Å². The first kappa shape index (κ1) is 17.9. The van der Waals surface area contributed by atoms with Crippen molar-refractivity contribution >= 4 is 17.3 Å². The molecule has 0 unspecified atom stereocenters. The predicted octanol–water partition coefficient (Wildman–Crippen LogP) is 3.88. The highest BCUT2D eigenvalue weighted by Gasteiger charge is 2.12. The smallest absolute Gasteiger partial charge is 0.337 e. The Morgan fingerprint density at radius 3 is 2.46 bits per heavy atom. The number of nitrogens with one attached hydrogen (secondary N) is 1. The van der Waals surface area contributed by atoms with Crippen molar-refractivity contribution in [2.45, 2.75) is 0 Å². The fraction of sp³-hybridized carbons (Fsp3) is 0.0500. The van der Waals surface area contributed by atoms with Crippen LogP contribution in [0.1, 0.15) is 10.4 Å². The molecule has 0 radical (unpaired) electrons. The van der Waals surface area contributed by atoms with E-state index in [2.05, 4.69) is 14.8 Å². The van der Waals surface area contributed by atoms with E-state index < -0.39 is 5.97 Å². The van der Waals surface area contributed by atoms with E-state index in [9.17, 15) is 14.0 Å². The van der Waals surface area contributed by atoms with Crippen molar-refractivity contribution in [2.24, 2.45) is 0 Å². The Morgan fingerprint density at radius 1 is 1.11 bits per heavy atom.